The second-order valence-electron chi connectivity index (χ2n) is 6.38. The van der Waals surface area contributed by atoms with E-state index in [0.717, 1.165) is 35.4 Å². The molecule has 1 aromatic carbocycles. The van der Waals surface area contributed by atoms with Crippen LogP contribution in [-0.2, 0) is 24.3 Å². The molecule has 1 amide bonds. The van der Waals surface area contributed by atoms with Gasteiger partial charge in [-0.3, -0.25) is 9.69 Å². The first-order valence-corrected chi connectivity index (χ1v) is 10.2. The minimum Gasteiger partial charge on any atom is -0.310 e. The Kier molecular flexibility index (Phi) is 5.19. The van der Waals surface area contributed by atoms with E-state index < -0.39 is 0 Å². The highest BCUT2D eigenvalue weighted by molar-refractivity contribution is 9.10. The van der Waals surface area contributed by atoms with Crippen LogP contribution in [-0.4, -0.2) is 33.7 Å². The maximum absolute atomic E-state index is 12.5. The van der Waals surface area contributed by atoms with Gasteiger partial charge in [-0.05, 0) is 41.1 Å². The maximum Gasteiger partial charge on any atom is 0.239 e. The van der Waals surface area contributed by atoms with E-state index >= 15 is 0 Å². The Balaban J connectivity index is 1.36. The summed E-state index contributed by atoms with van der Waals surface area (Å²) in [5, 5.41) is 9.47. The summed E-state index contributed by atoms with van der Waals surface area (Å²) in [5.41, 5.74) is 2.49. The molecule has 0 unspecified atom stereocenters. The smallest absolute Gasteiger partial charge is 0.239 e. The van der Waals surface area contributed by atoms with Crippen LogP contribution >= 0.6 is 27.3 Å². The minimum absolute atomic E-state index is 0.00114. The predicted octanol–water partition coefficient (Wildman–Crippen LogP) is 3.75. The lowest BCUT2D eigenvalue weighted by atomic mass is 10.1. The number of carbonyl (C=O) groups excluding carboxylic acids is 1. The van der Waals surface area contributed by atoms with Crippen molar-refractivity contribution in [1.82, 2.24) is 14.7 Å². The van der Waals surface area contributed by atoms with Crippen molar-refractivity contribution in [3.63, 3.8) is 0 Å². The lowest BCUT2D eigenvalue weighted by molar-refractivity contribution is -0.117. The van der Waals surface area contributed by atoms with Crippen molar-refractivity contribution >= 4 is 39.0 Å². The van der Waals surface area contributed by atoms with Crippen LogP contribution < -0.4 is 5.32 Å². The fraction of sp³-hybridized carbons (Fsp3) is 0.263. The summed E-state index contributed by atoms with van der Waals surface area (Å²) in [4.78, 5) is 16.1. The first kappa shape index (κ1) is 17.5. The van der Waals surface area contributed by atoms with Gasteiger partial charge in [0, 0.05) is 28.5 Å². The third-order valence-electron chi connectivity index (χ3n) is 4.48. The standard InChI is InChI=1S/C19H19BrN4OS/c20-16-3-1-14(2-4-16)11-24-18(5-8-21-24)22-19(25)13-23-9-6-17-15(12-23)7-10-26-17/h1-5,7-8,10H,6,9,11-13H2,(H,22,25). The van der Waals surface area contributed by atoms with Crippen molar-refractivity contribution < 1.29 is 4.79 Å². The van der Waals surface area contributed by atoms with Crippen LogP contribution in [0.15, 0.2) is 52.4 Å². The van der Waals surface area contributed by atoms with Crippen LogP contribution in [0.4, 0.5) is 5.82 Å². The fourth-order valence-corrected chi connectivity index (χ4v) is 4.31. The summed E-state index contributed by atoms with van der Waals surface area (Å²) in [6.45, 7) is 2.81. The maximum atomic E-state index is 12.5. The molecule has 3 aromatic rings. The number of hydrogen-bond acceptors (Lipinski definition) is 4. The first-order chi connectivity index (χ1) is 12.7. The predicted molar refractivity (Wildman–Crippen MR) is 107 cm³/mol. The Morgan fingerprint density at radius 3 is 2.92 bits per heavy atom. The number of benzene rings is 1. The molecule has 134 valence electrons. The molecule has 5 nitrogen and oxygen atoms in total. The monoisotopic (exact) mass is 430 g/mol. The van der Waals surface area contributed by atoms with E-state index in [0.29, 0.717) is 13.1 Å². The van der Waals surface area contributed by atoms with Crippen molar-refractivity contribution in [3.8, 4) is 0 Å². The van der Waals surface area contributed by atoms with Crippen LogP contribution in [0.3, 0.4) is 0 Å². The second-order valence-corrected chi connectivity index (χ2v) is 8.29. The largest absolute Gasteiger partial charge is 0.310 e. The van der Waals surface area contributed by atoms with Crippen molar-refractivity contribution in [2.75, 3.05) is 18.4 Å². The number of anilines is 1. The van der Waals surface area contributed by atoms with Gasteiger partial charge in [0.1, 0.15) is 5.82 Å². The Morgan fingerprint density at radius 1 is 1.23 bits per heavy atom. The molecule has 4 rings (SSSR count). The van der Waals surface area contributed by atoms with E-state index in [-0.39, 0.29) is 5.91 Å². The van der Waals surface area contributed by atoms with Crippen molar-refractivity contribution in [3.05, 3.63) is 68.5 Å². The van der Waals surface area contributed by atoms with Crippen molar-refractivity contribution in [2.45, 2.75) is 19.5 Å². The van der Waals surface area contributed by atoms with E-state index in [1.165, 1.54) is 10.4 Å². The molecule has 0 saturated heterocycles. The highest BCUT2D eigenvalue weighted by Crippen LogP contribution is 2.23. The summed E-state index contributed by atoms with van der Waals surface area (Å²) in [5.74, 6) is 0.729. The number of rotatable bonds is 5. The first-order valence-electron chi connectivity index (χ1n) is 8.51. The molecule has 1 aliphatic rings. The highest BCUT2D eigenvalue weighted by Gasteiger charge is 2.19. The third kappa shape index (κ3) is 4.06. The number of fused-ring (bicyclic) bond motifs is 1. The fourth-order valence-electron chi connectivity index (χ4n) is 3.15. The minimum atomic E-state index is 0.00114. The number of thiophene rings is 1. The quantitative estimate of drug-likeness (QED) is 0.670. The van der Waals surface area contributed by atoms with E-state index in [9.17, 15) is 4.79 Å². The van der Waals surface area contributed by atoms with Gasteiger partial charge < -0.3 is 5.32 Å². The lowest BCUT2D eigenvalue weighted by Crippen LogP contribution is -2.36. The molecule has 3 heterocycles. The summed E-state index contributed by atoms with van der Waals surface area (Å²) in [6.07, 6.45) is 2.74. The summed E-state index contributed by atoms with van der Waals surface area (Å²) < 4.78 is 2.86. The zero-order valence-electron chi connectivity index (χ0n) is 14.2. The number of halogens is 1. The summed E-state index contributed by atoms with van der Waals surface area (Å²) >= 11 is 5.25. The van der Waals surface area contributed by atoms with Crippen molar-refractivity contribution in [2.24, 2.45) is 0 Å². The molecule has 0 saturated carbocycles. The van der Waals surface area contributed by atoms with E-state index in [1.54, 1.807) is 6.20 Å². The molecule has 0 fully saturated rings. The SMILES string of the molecule is O=C(CN1CCc2sccc2C1)Nc1ccnn1Cc1ccc(Br)cc1. The highest BCUT2D eigenvalue weighted by atomic mass is 79.9. The van der Waals surface area contributed by atoms with Gasteiger partial charge >= 0.3 is 0 Å². The number of aromatic nitrogens is 2. The number of nitrogens with one attached hydrogen (secondary N) is 1. The molecule has 0 spiro atoms. The Morgan fingerprint density at radius 2 is 2.08 bits per heavy atom. The summed E-state index contributed by atoms with van der Waals surface area (Å²) in [7, 11) is 0. The molecular formula is C19H19BrN4OS. The molecule has 0 bridgehead atoms. The number of amides is 1. The van der Waals surface area contributed by atoms with Gasteiger partial charge in [0.15, 0.2) is 0 Å². The van der Waals surface area contributed by atoms with Crippen LogP contribution in [0.2, 0.25) is 0 Å². The Hall–Kier alpha value is -1.96. The third-order valence-corrected chi connectivity index (χ3v) is 6.04. The van der Waals surface area contributed by atoms with Gasteiger partial charge in [-0.1, -0.05) is 28.1 Å². The van der Waals surface area contributed by atoms with Gasteiger partial charge in [0.2, 0.25) is 5.91 Å². The Bertz CT molecular complexity index is 902. The lowest BCUT2D eigenvalue weighted by Gasteiger charge is -2.26. The number of carbonyl (C=O) groups is 1. The van der Waals surface area contributed by atoms with Crippen molar-refractivity contribution in [1.29, 1.82) is 0 Å². The van der Waals surface area contributed by atoms with Gasteiger partial charge in [0.25, 0.3) is 0 Å². The Labute approximate surface area is 164 Å². The van der Waals surface area contributed by atoms with E-state index in [2.05, 4.69) is 42.7 Å². The number of hydrogen-bond donors (Lipinski definition) is 1. The summed E-state index contributed by atoms with van der Waals surface area (Å²) in [6, 6.07) is 12.1. The average molecular weight is 431 g/mol. The molecule has 0 radical (unpaired) electrons. The molecule has 1 aliphatic heterocycles. The van der Waals surface area contributed by atoms with Gasteiger partial charge in [0.05, 0.1) is 19.3 Å². The zero-order valence-corrected chi connectivity index (χ0v) is 16.6. The average Bonchev–Trinajstić information content (AvgIpc) is 3.26. The molecule has 2 aromatic heterocycles. The molecule has 7 heteroatoms. The van der Waals surface area contributed by atoms with Crippen LogP contribution in [0, 0.1) is 0 Å². The van der Waals surface area contributed by atoms with Gasteiger partial charge in [-0.25, -0.2) is 4.68 Å². The van der Waals surface area contributed by atoms with Crippen LogP contribution in [0.25, 0.3) is 0 Å². The molecule has 26 heavy (non-hydrogen) atoms. The zero-order chi connectivity index (χ0) is 17.9. The van der Waals surface area contributed by atoms with Gasteiger partial charge in [-0.15, -0.1) is 11.3 Å². The molecule has 0 atom stereocenters. The van der Waals surface area contributed by atoms with Crippen LogP contribution in [0.5, 0.6) is 0 Å². The molecule has 1 N–H and O–H groups in total. The molecule has 0 aliphatic carbocycles. The van der Waals surface area contributed by atoms with Gasteiger partial charge in [-0.2, -0.15) is 5.10 Å². The van der Waals surface area contributed by atoms with Crippen LogP contribution in [0.1, 0.15) is 16.0 Å². The van der Waals surface area contributed by atoms with E-state index in [1.807, 2.05) is 46.4 Å². The second kappa shape index (κ2) is 7.73. The normalized spacial score (nSPS) is 14.2. The topological polar surface area (TPSA) is 50.2 Å². The number of nitrogens with zero attached hydrogens (tertiary/aromatic N) is 3. The van der Waals surface area contributed by atoms with E-state index in [4.69, 9.17) is 0 Å². The molecular weight excluding hydrogens is 412 g/mol.